The minimum Gasteiger partial charge on any atom is -0.352 e. The van der Waals surface area contributed by atoms with E-state index in [0.29, 0.717) is 22.8 Å². The molecule has 178 valence electrons. The molecule has 0 saturated heterocycles. The van der Waals surface area contributed by atoms with E-state index in [4.69, 9.17) is 11.6 Å². The summed E-state index contributed by atoms with van der Waals surface area (Å²) in [5.74, 6) is -0.928. The van der Waals surface area contributed by atoms with E-state index in [9.17, 15) is 18.0 Å². The highest BCUT2D eigenvalue weighted by atomic mass is 35.5. The van der Waals surface area contributed by atoms with Crippen molar-refractivity contribution < 1.29 is 18.0 Å². The summed E-state index contributed by atoms with van der Waals surface area (Å²) < 4.78 is 27.9. The second-order valence-electron chi connectivity index (χ2n) is 7.65. The van der Waals surface area contributed by atoms with Gasteiger partial charge in [0.2, 0.25) is 5.91 Å². The summed E-state index contributed by atoms with van der Waals surface area (Å²) in [4.78, 5) is 25.5. The van der Waals surface area contributed by atoms with Crippen LogP contribution in [0.2, 0.25) is 5.02 Å². The zero-order valence-corrected chi connectivity index (χ0v) is 20.5. The maximum Gasteiger partial charge on any atom is 0.264 e. The largest absolute Gasteiger partial charge is 0.352 e. The van der Waals surface area contributed by atoms with Gasteiger partial charge in [-0.15, -0.1) is 0 Å². The monoisotopic (exact) mass is 499 g/mol. The number of carbonyl (C=O) groups excluding carboxylic acids is 2. The van der Waals surface area contributed by atoms with Crippen LogP contribution in [0.15, 0.2) is 77.7 Å². The van der Waals surface area contributed by atoms with Crippen molar-refractivity contribution in [1.82, 2.24) is 5.32 Å². The molecular weight excluding hydrogens is 474 g/mol. The number of carbonyl (C=O) groups is 2. The molecule has 3 rings (SSSR count). The number of nitrogens with zero attached hydrogens (tertiary/aromatic N) is 1. The van der Waals surface area contributed by atoms with Gasteiger partial charge in [0.1, 0.15) is 6.54 Å². The molecule has 0 aliphatic heterocycles. The van der Waals surface area contributed by atoms with Crippen molar-refractivity contribution in [2.45, 2.75) is 25.2 Å². The standard InChI is InChI=1S/C25H26ClN3O4S/c1-3-15-27-25(31)22-9-4-5-10-23(22)28-24(30)17-29(20-8-6-7-19(26)16-20)34(32,33)21-13-11-18(2)12-14-21/h4-14,16H,3,15,17H2,1-2H3,(H,27,31)(H,28,30). The lowest BCUT2D eigenvalue weighted by Gasteiger charge is -2.24. The maximum atomic E-state index is 13.5. The average molecular weight is 500 g/mol. The Morgan fingerprint density at radius 2 is 1.68 bits per heavy atom. The third kappa shape index (κ3) is 6.15. The molecule has 0 aliphatic rings. The minimum absolute atomic E-state index is 0.0465. The van der Waals surface area contributed by atoms with Crippen molar-refractivity contribution in [3.05, 3.63) is 88.9 Å². The van der Waals surface area contributed by atoms with Crippen LogP contribution in [0, 0.1) is 6.92 Å². The number of amides is 2. The van der Waals surface area contributed by atoms with E-state index in [1.54, 1.807) is 54.6 Å². The molecule has 0 bridgehead atoms. The Bertz CT molecular complexity index is 1280. The van der Waals surface area contributed by atoms with Crippen molar-refractivity contribution in [1.29, 1.82) is 0 Å². The SMILES string of the molecule is CCCNC(=O)c1ccccc1NC(=O)CN(c1cccc(Cl)c1)S(=O)(=O)c1ccc(C)cc1. The summed E-state index contributed by atoms with van der Waals surface area (Å²) in [5, 5.41) is 5.78. The molecule has 2 amide bonds. The van der Waals surface area contributed by atoms with Crippen LogP contribution in [0.1, 0.15) is 29.3 Å². The van der Waals surface area contributed by atoms with Gasteiger partial charge in [-0.25, -0.2) is 8.42 Å². The Morgan fingerprint density at radius 3 is 2.35 bits per heavy atom. The molecule has 3 aromatic carbocycles. The summed E-state index contributed by atoms with van der Waals surface area (Å²) in [6, 6.07) is 19.2. The average Bonchev–Trinajstić information content (AvgIpc) is 2.81. The van der Waals surface area contributed by atoms with Crippen LogP contribution in [0.25, 0.3) is 0 Å². The fraction of sp³-hybridized carbons (Fsp3) is 0.200. The number of aryl methyl sites for hydroxylation is 1. The zero-order valence-electron chi connectivity index (χ0n) is 18.9. The Kier molecular flexibility index (Phi) is 8.31. The first-order valence-electron chi connectivity index (χ1n) is 10.7. The quantitative estimate of drug-likeness (QED) is 0.449. The van der Waals surface area contributed by atoms with Gasteiger partial charge in [-0.05, 0) is 55.8 Å². The Balaban J connectivity index is 1.92. The van der Waals surface area contributed by atoms with Crippen LogP contribution >= 0.6 is 11.6 Å². The summed E-state index contributed by atoms with van der Waals surface area (Å²) in [7, 11) is -4.08. The fourth-order valence-electron chi connectivity index (χ4n) is 3.23. The normalized spacial score (nSPS) is 11.0. The number of hydrogen-bond donors (Lipinski definition) is 2. The summed E-state index contributed by atoms with van der Waals surface area (Å²) in [5.41, 5.74) is 1.74. The minimum atomic E-state index is -4.08. The Hall–Kier alpha value is -3.36. The van der Waals surface area contributed by atoms with Crippen LogP contribution in [0.5, 0.6) is 0 Å². The second-order valence-corrected chi connectivity index (χ2v) is 9.95. The topological polar surface area (TPSA) is 95.6 Å². The summed E-state index contributed by atoms with van der Waals surface area (Å²) >= 11 is 6.10. The van der Waals surface area contributed by atoms with Crippen LogP contribution in [0.3, 0.4) is 0 Å². The van der Waals surface area contributed by atoms with Gasteiger partial charge < -0.3 is 10.6 Å². The van der Waals surface area contributed by atoms with Gasteiger partial charge in [-0.2, -0.15) is 0 Å². The van der Waals surface area contributed by atoms with Gasteiger partial charge in [0.15, 0.2) is 0 Å². The lowest BCUT2D eigenvalue weighted by Crippen LogP contribution is -2.38. The maximum absolute atomic E-state index is 13.5. The molecule has 0 unspecified atom stereocenters. The Labute approximate surface area is 204 Å². The van der Waals surface area contributed by atoms with Gasteiger partial charge in [-0.3, -0.25) is 13.9 Å². The first kappa shape index (κ1) is 25.3. The molecule has 0 aromatic heterocycles. The number of sulfonamides is 1. The Morgan fingerprint density at radius 1 is 0.971 bits per heavy atom. The summed E-state index contributed by atoms with van der Waals surface area (Å²) in [6.45, 7) is 3.78. The van der Waals surface area contributed by atoms with Gasteiger partial charge in [0.05, 0.1) is 21.8 Å². The molecule has 34 heavy (non-hydrogen) atoms. The lowest BCUT2D eigenvalue weighted by molar-refractivity contribution is -0.114. The van der Waals surface area contributed by atoms with Crippen molar-refractivity contribution in [3.8, 4) is 0 Å². The molecule has 7 nitrogen and oxygen atoms in total. The molecular formula is C25H26ClN3O4S. The van der Waals surface area contributed by atoms with Crippen LogP contribution in [-0.2, 0) is 14.8 Å². The predicted octanol–water partition coefficient (Wildman–Crippen LogP) is 4.62. The molecule has 0 spiro atoms. The van der Waals surface area contributed by atoms with Crippen molar-refractivity contribution in [2.24, 2.45) is 0 Å². The molecule has 0 atom stereocenters. The second kappa shape index (κ2) is 11.2. The van der Waals surface area contributed by atoms with Crippen LogP contribution in [0.4, 0.5) is 11.4 Å². The molecule has 0 radical (unpaired) electrons. The third-order valence-corrected chi connectivity index (χ3v) is 7.00. The molecule has 2 N–H and O–H groups in total. The van der Waals surface area contributed by atoms with E-state index in [0.717, 1.165) is 16.3 Å². The molecule has 0 aliphatic carbocycles. The number of halogens is 1. The molecule has 3 aromatic rings. The van der Waals surface area contributed by atoms with Crippen molar-refractivity contribution >= 4 is 44.8 Å². The van der Waals surface area contributed by atoms with E-state index in [2.05, 4.69) is 10.6 Å². The number of rotatable bonds is 9. The van der Waals surface area contributed by atoms with Gasteiger partial charge >= 0.3 is 0 Å². The van der Waals surface area contributed by atoms with Gasteiger partial charge in [0, 0.05) is 11.6 Å². The van der Waals surface area contributed by atoms with Crippen LogP contribution < -0.4 is 14.9 Å². The molecule has 0 heterocycles. The smallest absolute Gasteiger partial charge is 0.264 e. The number of nitrogens with one attached hydrogen (secondary N) is 2. The number of benzene rings is 3. The molecule has 0 saturated carbocycles. The first-order valence-corrected chi connectivity index (χ1v) is 12.6. The van der Waals surface area contributed by atoms with Crippen molar-refractivity contribution in [2.75, 3.05) is 22.7 Å². The highest BCUT2D eigenvalue weighted by Gasteiger charge is 2.28. The molecule has 9 heteroatoms. The fourth-order valence-corrected chi connectivity index (χ4v) is 4.83. The number of para-hydroxylation sites is 1. The van der Waals surface area contributed by atoms with Crippen LogP contribution in [-0.4, -0.2) is 33.3 Å². The van der Waals surface area contributed by atoms with Gasteiger partial charge in [0.25, 0.3) is 15.9 Å². The first-order chi connectivity index (χ1) is 16.2. The highest BCUT2D eigenvalue weighted by molar-refractivity contribution is 7.92. The highest BCUT2D eigenvalue weighted by Crippen LogP contribution is 2.26. The van der Waals surface area contributed by atoms with Gasteiger partial charge in [-0.1, -0.05) is 54.4 Å². The number of hydrogen-bond acceptors (Lipinski definition) is 4. The predicted molar refractivity (Wildman–Crippen MR) is 135 cm³/mol. The summed E-state index contributed by atoms with van der Waals surface area (Å²) in [6.07, 6.45) is 0.770. The van der Waals surface area contributed by atoms with E-state index < -0.39 is 22.5 Å². The third-order valence-electron chi connectivity index (χ3n) is 4.97. The zero-order chi connectivity index (χ0) is 24.7. The van der Waals surface area contributed by atoms with E-state index in [1.165, 1.54) is 18.2 Å². The molecule has 0 fully saturated rings. The van der Waals surface area contributed by atoms with E-state index in [-0.39, 0.29) is 16.5 Å². The van der Waals surface area contributed by atoms with E-state index >= 15 is 0 Å². The van der Waals surface area contributed by atoms with Crippen molar-refractivity contribution in [3.63, 3.8) is 0 Å². The lowest BCUT2D eigenvalue weighted by atomic mass is 10.1. The number of anilines is 2. The van der Waals surface area contributed by atoms with E-state index in [1.807, 2.05) is 13.8 Å².